The number of nitrogens with one attached hydrogen (secondary N) is 1. The number of ether oxygens (including phenoxy) is 2. The van der Waals surface area contributed by atoms with Gasteiger partial charge in [0.05, 0.1) is 4.47 Å². The zero-order valence-electron chi connectivity index (χ0n) is 17.3. The van der Waals surface area contributed by atoms with E-state index in [4.69, 9.17) is 9.47 Å². The van der Waals surface area contributed by atoms with E-state index in [1.54, 1.807) is 0 Å². The summed E-state index contributed by atoms with van der Waals surface area (Å²) in [5, 5.41) is 2.98. The van der Waals surface area contributed by atoms with Crippen LogP contribution in [0.1, 0.15) is 38.3 Å². The number of hydrogen-bond acceptors (Lipinski definition) is 4. The molecule has 0 spiro atoms. The number of benzene rings is 2. The molecule has 2 aromatic rings. The van der Waals surface area contributed by atoms with Crippen LogP contribution in [0.15, 0.2) is 53.0 Å². The third-order valence-corrected chi connectivity index (χ3v) is 5.29. The highest BCUT2D eigenvalue weighted by Crippen LogP contribution is 2.28. The molecular weight excluding hydrogens is 432 g/mol. The minimum Gasteiger partial charge on any atom is -0.488 e. The first-order valence-corrected chi connectivity index (χ1v) is 10.7. The fourth-order valence-electron chi connectivity index (χ4n) is 3.32. The molecule has 1 aliphatic rings. The second-order valence-electron chi connectivity index (χ2n) is 8.41. The van der Waals surface area contributed by atoms with Crippen molar-refractivity contribution in [2.24, 2.45) is 0 Å². The monoisotopic (exact) mass is 460 g/mol. The predicted molar refractivity (Wildman–Crippen MR) is 118 cm³/mol. The summed E-state index contributed by atoms with van der Waals surface area (Å²) >= 11 is 3.58. The summed E-state index contributed by atoms with van der Waals surface area (Å²) in [6, 6.07) is 16.5. The van der Waals surface area contributed by atoms with Crippen LogP contribution in [0.4, 0.5) is 4.79 Å². The highest BCUT2D eigenvalue weighted by atomic mass is 79.9. The third-order valence-electron chi connectivity index (χ3n) is 4.63. The predicted octanol–water partition coefficient (Wildman–Crippen LogP) is 5.13. The molecule has 1 heterocycles. The number of hydrogen-bond donors (Lipinski definition) is 1. The molecule has 1 saturated heterocycles. The van der Waals surface area contributed by atoms with Crippen molar-refractivity contribution in [1.29, 1.82) is 0 Å². The van der Waals surface area contributed by atoms with Crippen LogP contribution in [-0.4, -0.2) is 35.7 Å². The van der Waals surface area contributed by atoms with Crippen molar-refractivity contribution in [3.8, 4) is 5.75 Å². The molecule has 0 aromatic heterocycles. The number of carbonyl (C=O) groups excluding carboxylic acids is 1. The van der Waals surface area contributed by atoms with E-state index in [1.165, 1.54) is 5.56 Å². The first-order chi connectivity index (χ1) is 13.8. The van der Waals surface area contributed by atoms with E-state index in [2.05, 4.69) is 50.4 Å². The van der Waals surface area contributed by atoms with E-state index in [-0.39, 0.29) is 12.1 Å². The zero-order chi connectivity index (χ0) is 20.9. The van der Waals surface area contributed by atoms with Gasteiger partial charge in [-0.05, 0) is 66.4 Å². The molecular formula is C23H29BrN2O3. The fraction of sp³-hybridized carbons (Fsp3) is 0.435. The van der Waals surface area contributed by atoms with Crippen molar-refractivity contribution >= 4 is 22.0 Å². The van der Waals surface area contributed by atoms with Gasteiger partial charge >= 0.3 is 6.09 Å². The molecule has 6 heteroatoms. The van der Waals surface area contributed by atoms with Crippen molar-refractivity contribution in [2.45, 2.75) is 52.0 Å². The Hall–Kier alpha value is -2.05. The topological polar surface area (TPSA) is 50.8 Å². The maximum absolute atomic E-state index is 12.0. The Morgan fingerprint density at radius 1 is 1.17 bits per heavy atom. The lowest BCUT2D eigenvalue weighted by molar-refractivity contribution is 0.0506. The summed E-state index contributed by atoms with van der Waals surface area (Å²) in [7, 11) is 0. The largest absolute Gasteiger partial charge is 0.488 e. The molecule has 156 valence electrons. The normalized spacial score (nSPS) is 17.2. The fourth-order valence-corrected chi connectivity index (χ4v) is 3.68. The number of carbonyl (C=O) groups is 1. The number of amides is 1. The van der Waals surface area contributed by atoms with Gasteiger partial charge in [0.15, 0.2) is 0 Å². The highest BCUT2D eigenvalue weighted by molar-refractivity contribution is 9.10. The number of likely N-dealkylation sites (tertiary alicyclic amines) is 1. The van der Waals surface area contributed by atoms with Gasteiger partial charge in [-0.3, -0.25) is 4.90 Å². The Balaban J connectivity index is 1.52. The first kappa shape index (κ1) is 21.7. The second-order valence-corrected chi connectivity index (χ2v) is 9.26. The van der Waals surface area contributed by atoms with Crippen molar-refractivity contribution < 1.29 is 14.3 Å². The smallest absolute Gasteiger partial charge is 0.407 e. The van der Waals surface area contributed by atoms with Gasteiger partial charge < -0.3 is 14.8 Å². The van der Waals surface area contributed by atoms with Crippen LogP contribution in [0.3, 0.4) is 0 Å². The molecule has 0 saturated carbocycles. The van der Waals surface area contributed by atoms with Crippen molar-refractivity contribution in [2.75, 3.05) is 13.1 Å². The van der Waals surface area contributed by atoms with E-state index >= 15 is 0 Å². The van der Waals surface area contributed by atoms with Crippen LogP contribution in [0.25, 0.3) is 0 Å². The van der Waals surface area contributed by atoms with Gasteiger partial charge in [-0.2, -0.15) is 0 Å². The number of halogens is 1. The zero-order valence-corrected chi connectivity index (χ0v) is 18.9. The molecule has 0 radical (unpaired) electrons. The molecule has 1 fully saturated rings. The van der Waals surface area contributed by atoms with Crippen LogP contribution in [0, 0.1) is 0 Å². The van der Waals surface area contributed by atoms with Gasteiger partial charge in [-0.15, -0.1) is 0 Å². The summed E-state index contributed by atoms with van der Waals surface area (Å²) in [6.07, 6.45) is 0.581. The minimum atomic E-state index is -0.476. The van der Waals surface area contributed by atoms with E-state index in [1.807, 2.05) is 45.0 Å². The Bertz CT molecular complexity index is 821. The number of alkyl carbamates (subject to hydrolysis) is 1. The van der Waals surface area contributed by atoms with E-state index in [0.717, 1.165) is 41.8 Å². The van der Waals surface area contributed by atoms with Crippen LogP contribution >= 0.6 is 15.9 Å². The summed E-state index contributed by atoms with van der Waals surface area (Å²) in [5.74, 6) is 0.842. The average Bonchev–Trinajstić information content (AvgIpc) is 3.08. The summed E-state index contributed by atoms with van der Waals surface area (Å²) in [5.41, 5.74) is 1.85. The van der Waals surface area contributed by atoms with Crippen molar-refractivity contribution in [3.63, 3.8) is 0 Å². The SMILES string of the molecule is CC(C)(C)OC(=O)NC1CCN(Cc2ccc(Br)c(OCc3ccccc3)c2)C1. The maximum atomic E-state index is 12.0. The van der Waals surface area contributed by atoms with Gasteiger partial charge in [-0.1, -0.05) is 36.4 Å². The Labute approximate surface area is 181 Å². The highest BCUT2D eigenvalue weighted by Gasteiger charge is 2.26. The lowest BCUT2D eigenvalue weighted by Crippen LogP contribution is -2.40. The molecule has 1 unspecified atom stereocenters. The first-order valence-electron chi connectivity index (χ1n) is 9.95. The van der Waals surface area contributed by atoms with Gasteiger partial charge in [0.25, 0.3) is 0 Å². The number of nitrogens with zero attached hydrogens (tertiary/aromatic N) is 1. The lowest BCUT2D eigenvalue weighted by atomic mass is 10.2. The third kappa shape index (κ3) is 7.05. The maximum Gasteiger partial charge on any atom is 0.407 e. The molecule has 1 amide bonds. The van der Waals surface area contributed by atoms with Crippen LogP contribution in [0.2, 0.25) is 0 Å². The van der Waals surface area contributed by atoms with Gasteiger partial charge in [0, 0.05) is 25.7 Å². The lowest BCUT2D eigenvalue weighted by Gasteiger charge is -2.22. The standard InChI is InChI=1S/C23H29BrN2O3/c1-23(2,3)29-22(27)25-19-11-12-26(15-19)14-18-9-10-20(24)21(13-18)28-16-17-7-5-4-6-8-17/h4-10,13,19H,11-12,14-16H2,1-3H3,(H,25,27). The quantitative estimate of drug-likeness (QED) is 0.649. The molecule has 0 bridgehead atoms. The summed E-state index contributed by atoms with van der Waals surface area (Å²) < 4.78 is 12.3. The van der Waals surface area contributed by atoms with Crippen LogP contribution in [0.5, 0.6) is 5.75 Å². The number of rotatable bonds is 6. The van der Waals surface area contributed by atoms with Gasteiger partial charge in [-0.25, -0.2) is 4.79 Å². The van der Waals surface area contributed by atoms with Gasteiger partial charge in [0.2, 0.25) is 0 Å². The molecule has 5 nitrogen and oxygen atoms in total. The Morgan fingerprint density at radius 2 is 1.93 bits per heavy atom. The average molecular weight is 461 g/mol. The van der Waals surface area contributed by atoms with Crippen molar-refractivity contribution in [1.82, 2.24) is 10.2 Å². The molecule has 1 N–H and O–H groups in total. The Morgan fingerprint density at radius 3 is 2.66 bits per heavy atom. The van der Waals surface area contributed by atoms with Gasteiger partial charge in [0.1, 0.15) is 18.0 Å². The van der Waals surface area contributed by atoms with Crippen LogP contribution < -0.4 is 10.1 Å². The summed E-state index contributed by atoms with van der Waals surface area (Å²) in [4.78, 5) is 14.3. The molecule has 2 aromatic carbocycles. The molecule has 29 heavy (non-hydrogen) atoms. The summed E-state index contributed by atoms with van der Waals surface area (Å²) in [6.45, 7) is 8.73. The molecule has 1 atom stereocenters. The Kier molecular flexibility index (Phi) is 7.19. The van der Waals surface area contributed by atoms with E-state index in [0.29, 0.717) is 6.61 Å². The van der Waals surface area contributed by atoms with E-state index < -0.39 is 5.60 Å². The van der Waals surface area contributed by atoms with E-state index in [9.17, 15) is 4.79 Å². The molecule has 0 aliphatic carbocycles. The van der Waals surface area contributed by atoms with Crippen LogP contribution in [-0.2, 0) is 17.9 Å². The molecule has 3 rings (SSSR count). The molecule has 1 aliphatic heterocycles. The second kappa shape index (κ2) is 9.63. The minimum absolute atomic E-state index is 0.120. The van der Waals surface area contributed by atoms with Crippen molar-refractivity contribution in [3.05, 3.63) is 64.1 Å².